The molecule has 21 heavy (non-hydrogen) atoms. The van der Waals surface area contributed by atoms with Gasteiger partial charge in [0.15, 0.2) is 0 Å². The molecule has 0 radical (unpaired) electrons. The second-order valence-electron chi connectivity index (χ2n) is 6.64. The molecule has 0 aliphatic heterocycles. The van der Waals surface area contributed by atoms with Crippen molar-refractivity contribution in [3.63, 3.8) is 0 Å². The van der Waals surface area contributed by atoms with Gasteiger partial charge < -0.3 is 4.90 Å². The molecule has 0 saturated heterocycles. The van der Waals surface area contributed by atoms with Crippen molar-refractivity contribution < 1.29 is 0 Å². The number of likely N-dealkylation sites (N-methyl/N-ethyl adjacent to an activating group) is 1. The summed E-state index contributed by atoms with van der Waals surface area (Å²) in [6.45, 7) is 9.87. The molecular weight excluding hydrogens is 254 g/mol. The monoisotopic (exact) mass is 283 g/mol. The van der Waals surface area contributed by atoms with Crippen LogP contribution in [0.4, 0.5) is 0 Å². The number of rotatable bonds is 3. The van der Waals surface area contributed by atoms with Crippen molar-refractivity contribution in [2.24, 2.45) is 0 Å². The lowest BCUT2D eigenvalue weighted by Crippen LogP contribution is -2.32. The summed E-state index contributed by atoms with van der Waals surface area (Å²) in [5, 5.41) is 0. The third kappa shape index (κ3) is 6.59. The topological polar surface area (TPSA) is 3.24 Å². The first-order valence-corrected chi connectivity index (χ1v) is 7.55. The molecule has 2 aromatic rings. The van der Waals surface area contributed by atoms with Crippen LogP contribution in [0.2, 0.25) is 0 Å². The van der Waals surface area contributed by atoms with Crippen LogP contribution in [-0.4, -0.2) is 25.5 Å². The highest BCUT2D eigenvalue weighted by Crippen LogP contribution is 2.23. The van der Waals surface area contributed by atoms with E-state index >= 15 is 0 Å². The van der Waals surface area contributed by atoms with Crippen LogP contribution in [0.5, 0.6) is 0 Å². The van der Waals surface area contributed by atoms with Crippen molar-refractivity contribution in [3.8, 4) is 0 Å². The molecule has 0 N–H and O–H groups in total. The summed E-state index contributed by atoms with van der Waals surface area (Å²) >= 11 is 0. The predicted molar refractivity (Wildman–Crippen MR) is 93.9 cm³/mol. The zero-order chi connectivity index (χ0) is 15.9. The average Bonchev–Trinajstić information content (AvgIpc) is 2.39. The molecule has 0 bridgehead atoms. The quantitative estimate of drug-likeness (QED) is 0.780. The van der Waals surface area contributed by atoms with E-state index in [1.54, 1.807) is 0 Å². The molecule has 0 aliphatic rings. The van der Waals surface area contributed by atoms with Gasteiger partial charge >= 0.3 is 0 Å². The number of hydrogen-bond donors (Lipinski definition) is 0. The van der Waals surface area contributed by atoms with E-state index in [2.05, 4.69) is 83.1 Å². The zero-order valence-corrected chi connectivity index (χ0v) is 14.4. The first-order chi connectivity index (χ1) is 9.81. The maximum atomic E-state index is 2.29. The van der Waals surface area contributed by atoms with E-state index < -0.39 is 0 Å². The molecule has 2 aromatic carbocycles. The highest BCUT2D eigenvalue weighted by Gasteiger charge is 2.20. The van der Waals surface area contributed by atoms with Crippen LogP contribution in [0, 0.1) is 13.8 Å². The Hall–Kier alpha value is -1.60. The van der Waals surface area contributed by atoms with Crippen LogP contribution in [0.25, 0.3) is 0 Å². The Morgan fingerprint density at radius 1 is 0.762 bits per heavy atom. The van der Waals surface area contributed by atoms with Crippen LogP contribution in [0.3, 0.4) is 0 Å². The van der Waals surface area contributed by atoms with Crippen LogP contribution in [-0.2, 0) is 5.41 Å². The molecule has 2 rings (SSSR count). The molecule has 0 amide bonds. The maximum absolute atomic E-state index is 2.29. The van der Waals surface area contributed by atoms with Gasteiger partial charge in [0, 0.05) is 12.0 Å². The van der Waals surface area contributed by atoms with E-state index in [4.69, 9.17) is 0 Å². The Bertz CT molecular complexity index is 509. The Balaban J connectivity index is 0.000000262. The third-order valence-corrected chi connectivity index (χ3v) is 3.49. The molecule has 1 heteroatoms. The first kappa shape index (κ1) is 17.5. The van der Waals surface area contributed by atoms with Gasteiger partial charge in [-0.05, 0) is 33.5 Å². The van der Waals surface area contributed by atoms with Crippen molar-refractivity contribution >= 4 is 0 Å². The Kier molecular flexibility index (Phi) is 6.64. The van der Waals surface area contributed by atoms with Crippen LogP contribution >= 0.6 is 0 Å². The molecule has 0 atom stereocenters. The maximum Gasteiger partial charge on any atom is 0.00672 e. The van der Waals surface area contributed by atoms with E-state index in [9.17, 15) is 0 Å². The van der Waals surface area contributed by atoms with Crippen molar-refractivity contribution in [2.45, 2.75) is 33.1 Å². The molecule has 0 aromatic heterocycles. The van der Waals surface area contributed by atoms with Gasteiger partial charge in [0.1, 0.15) is 0 Å². The molecule has 0 saturated carbocycles. The summed E-state index contributed by atoms with van der Waals surface area (Å²) in [5.74, 6) is 0. The van der Waals surface area contributed by atoms with Crippen LogP contribution in [0.1, 0.15) is 30.5 Å². The van der Waals surface area contributed by atoms with Crippen LogP contribution < -0.4 is 0 Å². The Labute approximate surface area is 130 Å². The standard InChI is InChI=1S/C13H21N.C7H8/c1-11-6-8-12(9-7-11)13(2,3)10-14(4)5;1-7-5-3-2-4-6-7/h6-9H,10H2,1-5H3;2-6H,1H3. The zero-order valence-electron chi connectivity index (χ0n) is 14.4. The normalized spacial score (nSPS) is 11.0. The van der Waals surface area contributed by atoms with Gasteiger partial charge in [-0.25, -0.2) is 0 Å². The number of benzene rings is 2. The lowest BCUT2D eigenvalue weighted by Gasteiger charge is -2.28. The lowest BCUT2D eigenvalue weighted by atomic mass is 9.84. The van der Waals surface area contributed by atoms with Crippen molar-refractivity contribution in [2.75, 3.05) is 20.6 Å². The van der Waals surface area contributed by atoms with Gasteiger partial charge in [-0.3, -0.25) is 0 Å². The average molecular weight is 283 g/mol. The van der Waals surface area contributed by atoms with Crippen molar-refractivity contribution in [1.82, 2.24) is 4.90 Å². The molecule has 114 valence electrons. The number of nitrogens with zero attached hydrogens (tertiary/aromatic N) is 1. The SMILES string of the molecule is Cc1ccc(C(C)(C)CN(C)C)cc1.Cc1ccccc1. The second kappa shape index (κ2) is 7.99. The summed E-state index contributed by atoms with van der Waals surface area (Å²) < 4.78 is 0. The third-order valence-electron chi connectivity index (χ3n) is 3.49. The molecule has 0 aliphatic carbocycles. The minimum absolute atomic E-state index is 0.233. The first-order valence-electron chi connectivity index (χ1n) is 7.55. The second-order valence-corrected chi connectivity index (χ2v) is 6.64. The highest BCUT2D eigenvalue weighted by molar-refractivity contribution is 5.27. The summed E-state index contributed by atoms with van der Waals surface area (Å²) in [5.41, 5.74) is 4.30. The Morgan fingerprint density at radius 2 is 1.24 bits per heavy atom. The fourth-order valence-electron chi connectivity index (χ4n) is 2.42. The van der Waals surface area contributed by atoms with E-state index in [1.165, 1.54) is 16.7 Å². The van der Waals surface area contributed by atoms with Gasteiger partial charge in [0.05, 0.1) is 0 Å². The van der Waals surface area contributed by atoms with Gasteiger partial charge in [-0.15, -0.1) is 0 Å². The summed E-state index contributed by atoms with van der Waals surface area (Å²) in [7, 11) is 4.24. The summed E-state index contributed by atoms with van der Waals surface area (Å²) in [6.07, 6.45) is 0. The Morgan fingerprint density at radius 3 is 1.62 bits per heavy atom. The number of hydrogen-bond acceptors (Lipinski definition) is 1. The van der Waals surface area contributed by atoms with Crippen molar-refractivity contribution in [3.05, 3.63) is 71.3 Å². The molecule has 0 spiro atoms. The van der Waals surface area contributed by atoms with Gasteiger partial charge in [0.25, 0.3) is 0 Å². The van der Waals surface area contributed by atoms with E-state index in [0.717, 1.165) is 6.54 Å². The smallest absolute Gasteiger partial charge is 0.00672 e. The van der Waals surface area contributed by atoms with Gasteiger partial charge in [-0.2, -0.15) is 0 Å². The molecule has 0 heterocycles. The van der Waals surface area contributed by atoms with E-state index in [-0.39, 0.29) is 5.41 Å². The van der Waals surface area contributed by atoms with Gasteiger partial charge in [-0.1, -0.05) is 79.6 Å². The van der Waals surface area contributed by atoms with Crippen LogP contribution in [0.15, 0.2) is 54.6 Å². The summed E-state index contributed by atoms with van der Waals surface area (Å²) in [4.78, 5) is 2.24. The summed E-state index contributed by atoms with van der Waals surface area (Å²) in [6, 6.07) is 19.1. The molecule has 0 unspecified atom stereocenters. The minimum Gasteiger partial charge on any atom is -0.309 e. The van der Waals surface area contributed by atoms with Crippen molar-refractivity contribution in [1.29, 1.82) is 0 Å². The molecule has 0 fully saturated rings. The lowest BCUT2D eigenvalue weighted by molar-refractivity contribution is 0.315. The van der Waals surface area contributed by atoms with E-state index in [0.29, 0.717) is 0 Å². The fourth-order valence-corrected chi connectivity index (χ4v) is 2.42. The predicted octanol–water partition coefficient (Wildman–Crippen LogP) is 4.83. The van der Waals surface area contributed by atoms with E-state index in [1.807, 2.05) is 18.2 Å². The fraction of sp³-hybridized carbons (Fsp3) is 0.400. The minimum atomic E-state index is 0.233. The molecular formula is C20H29N. The van der Waals surface area contributed by atoms with Gasteiger partial charge in [0.2, 0.25) is 0 Å². The molecule has 1 nitrogen and oxygen atoms in total. The number of aryl methyl sites for hydroxylation is 2. The highest BCUT2D eigenvalue weighted by atomic mass is 15.1. The largest absolute Gasteiger partial charge is 0.309 e.